The average Bonchev–Trinajstić information content (AvgIpc) is 2.83. The molecule has 1 aliphatic heterocycles. The number of piperidine rings is 1. The van der Waals surface area contributed by atoms with Crippen molar-refractivity contribution in [2.24, 2.45) is 5.92 Å². The lowest BCUT2D eigenvalue weighted by Crippen LogP contribution is -2.36. The zero-order valence-corrected chi connectivity index (χ0v) is 20.0. The first-order valence-electron chi connectivity index (χ1n) is 12.1. The third-order valence-electron chi connectivity index (χ3n) is 6.44. The minimum absolute atomic E-state index is 0.0840. The van der Waals surface area contributed by atoms with E-state index in [9.17, 15) is 14.7 Å². The number of hydrogen-bond donors (Lipinski definition) is 2. The molecule has 0 saturated carbocycles. The van der Waals surface area contributed by atoms with Gasteiger partial charge in [0.25, 0.3) is 0 Å². The number of para-hydroxylation sites is 1. The zero-order chi connectivity index (χ0) is 23.8. The van der Waals surface area contributed by atoms with Crippen molar-refractivity contribution in [2.75, 3.05) is 24.6 Å². The van der Waals surface area contributed by atoms with E-state index in [-0.39, 0.29) is 29.9 Å². The van der Waals surface area contributed by atoms with Gasteiger partial charge < -0.3 is 20.1 Å². The number of carbonyl (C=O) groups is 2. The SMILES string of the molecule is CCOc1cc(CC(=O)NC(c2ccccc2N2CCCCC2)C(C)CC)ccc1C(=O)O. The number of aromatic carboxylic acids is 1. The van der Waals surface area contributed by atoms with E-state index in [1.54, 1.807) is 12.1 Å². The van der Waals surface area contributed by atoms with Crippen LogP contribution in [0.2, 0.25) is 0 Å². The Labute approximate surface area is 196 Å². The molecule has 178 valence electrons. The maximum atomic E-state index is 13.1. The van der Waals surface area contributed by atoms with E-state index in [1.165, 1.54) is 36.6 Å². The van der Waals surface area contributed by atoms with Crippen LogP contribution in [0.4, 0.5) is 5.69 Å². The van der Waals surface area contributed by atoms with Crippen LogP contribution in [0.25, 0.3) is 0 Å². The molecule has 0 bridgehead atoms. The molecule has 3 rings (SSSR count). The number of carbonyl (C=O) groups excluding carboxylic acids is 1. The summed E-state index contributed by atoms with van der Waals surface area (Å²) in [5, 5.41) is 12.6. The van der Waals surface area contributed by atoms with Gasteiger partial charge in [0.1, 0.15) is 11.3 Å². The van der Waals surface area contributed by atoms with E-state index in [1.807, 2.05) is 13.0 Å². The summed E-state index contributed by atoms with van der Waals surface area (Å²) in [6.07, 6.45) is 4.78. The number of carboxylic acid groups (broad SMARTS) is 1. The van der Waals surface area contributed by atoms with Crippen molar-refractivity contribution in [3.8, 4) is 5.75 Å². The van der Waals surface area contributed by atoms with E-state index in [0.29, 0.717) is 12.4 Å². The molecule has 6 heteroatoms. The molecule has 2 atom stereocenters. The first-order chi connectivity index (χ1) is 15.9. The first-order valence-corrected chi connectivity index (χ1v) is 12.1. The van der Waals surface area contributed by atoms with Crippen LogP contribution >= 0.6 is 0 Å². The van der Waals surface area contributed by atoms with Crippen molar-refractivity contribution < 1.29 is 19.4 Å². The van der Waals surface area contributed by atoms with Crippen LogP contribution < -0.4 is 15.0 Å². The predicted molar refractivity (Wildman–Crippen MR) is 131 cm³/mol. The number of amides is 1. The lowest BCUT2D eigenvalue weighted by Gasteiger charge is -2.34. The molecule has 33 heavy (non-hydrogen) atoms. The van der Waals surface area contributed by atoms with Gasteiger partial charge in [0, 0.05) is 18.8 Å². The Morgan fingerprint density at radius 1 is 1.09 bits per heavy atom. The highest BCUT2D eigenvalue weighted by Crippen LogP contribution is 2.34. The van der Waals surface area contributed by atoms with Gasteiger partial charge in [0.2, 0.25) is 5.91 Å². The first kappa shape index (κ1) is 24.6. The number of nitrogens with one attached hydrogen (secondary N) is 1. The van der Waals surface area contributed by atoms with Crippen LogP contribution in [0.5, 0.6) is 5.75 Å². The molecule has 0 aromatic heterocycles. The molecular formula is C27H36N2O4. The molecule has 2 N–H and O–H groups in total. The number of anilines is 1. The second-order valence-corrected chi connectivity index (χ2v) is 8.78. The lowest BCUT2D eigenvalue weighted by atomic mass is 9.90. The number of hydrogen-bond acceptors (Lipinski definition) is 4. The van der Waals surface area contributed by atoms with Gasteiger partial charge in [-0.3, -0.25) is 4.79 Å². The summed E-state index contributed by atoms with van der Waals surface area (Å²) in [6.45, 7) is 8.59. The third kappa shape index (κ3) is 6.28. The number of benzene rings is 2. The second kappa shape index (κ2) is 11.7. The quantitative estimate of drug-likeness (QED) is 0.517. The van der Waals surface area contributed by atoms with Gasteiger partial charge in [-0.05, 0) is 61.4 Å². The number of carboxylic acids is 1. The van der Waals surface area contributed by atoms with Crippen molar-refractivity contribution in [1.82, 2.24) is 5.32 Å². The Morgan fingerprint density at radius 2 is 1.82 bits per heavy atom. The third-order valence-corrected chi connectivity index (χ3v) is 6.44. The average molecular weight is 453 g/mol. The Hall–Kier alpha value is -3.02. The molecule has 2 aromatic rings. The van der Waals surface area contributed by atoms with Gasteiger partial charge in [-0.1, -0.05) is 44.5 Å². The van der Waals surface area contributed by atoms with Crippen LogP contribution in [-0.2, 0) is 11.2 Å². The van der Waals surface area contributed by atoms with Gasteiger partial charge in [-0.15, -0.1) is 0 Å². The molecule has 1 saturated heterocycles. The lowest BCUT2D eigenvalue weighted by molar-refractivity contribution is -0.121. The fourth-order valence-corrected chi connectivity index (χ4v) is 4.47. The summed E-state index contributed by atoms with van der Waals surface area (Å²) in [5.74, 6) is -0.558. The van der Waals surface area contributed by atoms with E-state index >= 15 is 0 Å². The van der Waals surface area contributed by atoms with Gasteiger partial charge in [0.05, 0.1) is 19.1 Å². The Morgan fingerprint density at radius 3 is 2.48 bits per heavy atom. The van der Waals surface area contributed by atoms with Crippen LogP contribution in [0.1, 0.15) is 74.0 Å². The summed E-state index contributed by atoms with van der Waals surface area (Å²) in [4.78, 5) is 27.0. The molecular weight excluding hydrogens is 416 g/mol. The Bertz CT molecular complexity index is 953. The maximum Gasteiger partial charge on any atom is 0.339 e. The Balaban J connectivity index is 1.81. The highest BCUT2D eigenvalue weighted by molar-refractivity contribution is 5.91. The van der Waals surface area contributed by atoms with Crippen LogP contribution in [0.3, 0.4) is 0 Å². The van der Waals surface area contributed by atoms with E-state index in [2.05, 4.69) is 42.3 Å². The van der Waals surface area contributed by atoms with Crippen LogP contribution in [-0.4, -0.2) is 36.7 Å². The number of ether oxygens (including phenoxy) is 1. The Kier molecular flexibility index (Phi) is 8.75. The fourth-order valence-electron chi connectivity index (χ4n) is 4.47. The molecule has 1 amide bonds. The summed E-state index contributed by atoms with van der Waals surface area (Å²) >= 11 is 0. The molecule has 6 nitrogen and oxygen atoms in total. The molecule has 0 spiro atoms. The van der Waals surface area contributed by atoms with Crippen LogP contribution in [0, 0.1) is 5.92 Å². The standard InChI is InChI=1S/C27H36N2O4/c1-4-19(3)26(21-11-7-8-12-23(21)29-15-9-6-10-16-29)28-25(30)18-20-13-14-22(27(31)32)24(17-20)33-5-2/h7-8,11-14,17,19,26H,4-6,9-10,15-16,18H2,1-3H3,(H,28,30)(H,31,32). The predicted octanol–water partition coefficient (Wildman–Crippen LogP) is 5.22. The van der Waals surface area contributed by atoms with Gasteiger partial charge >= 0.3 is 5.97 Å². The van der Waals surface area contributed by atoms with Gasteiger partial charge in [-0.25, -0.2) is 4.79 Å². The summed E-state index contributed by atoms with van der Waals surface area (Å²) in [6, 6.07) is 13.2. The zero-order valence-electron chi connectivity index (χ0n) is 20.0. The van der Waals surface area contributed by atoms with E-state index in [4.69, 9.17) is 4.74 Å². The number of rotatable bonds is 10. The molecule has 2 aromatic carbocycles. The van der Waals surface area contributed by atoms with Crippen molar-refractivity contribution in [3.05, 3.63) is 59.2 Å². The second-order valence-electron chi connectivity index (χ2n) is 8.78. The van der Waals surface area contributed by atoms with Crippen molar-refractivity contribution in [1.29, 1.82) is 0 Å². The summed E-state index contributed by atoms with van der Waals surface area (Å²) in [7, 11) is 0. The molecule has 0 aliphatic carbocycles. The summed E-state index contributed by atoms with van der Waals surface area (Å²) in [5.41, 5.74) is 3.22. The van der Waals surface area contributed by atoms with Crippen molar-refractivity contribution in [2.45, 2.75) is 58.9 Å². The van der Waals surface area contributed by atoms with E-state index in [0.717, 1.165) is 25.1 Å². The van der Waals surface area contributed by atoms with Gasteiger partial charge in [-0.2, -0.15) is 0 Å². The smallest absolute Gasteiger partial charge is 0.339 e. The largest absolute Gasteiger partial charge is 0.493 e. The van der Waals surface area contributed by atoms with Crippen LogP contribution in [0.15, 0.2) is 42.5 Å². The monoisotopic (exact) mass is 452 g/mol. The molecule has 2 unspecified atom stereocenters. The van der Waals surface area contributed by atoms with Crippen molar-refractivity contribution in [3.63, 3.8) is 0 Å². The van der Waals surface area contributed by atoms with Gasteiger partial charge in [0.15, 0.2) is 0 Å². The number of nitrogens with zero attached hydrogens (tertiary/aromatic N) is 1. The maximum absolute atomic E-state index is 13.1. The fraction of sp³-hybridized carbons (Fsp3) is 0.481. The minimum atomic E-state index is -1.04. The molecule has 0 radical (unpaired) electrons. The summed E-state index contributed by atoms with van der Waals surface area (Å²) < 4.78 is 5.49. The normalized spacial score (nSPS) is 15.5. The highest BCUT2D eigenvalue weighted by atomic mass is 16.5. The molecule has 1 fully saturated rings. The molecule has 1 aliphatic rings. The topological polar surface area (TPSA) is 78.9 Å². The highest BCUT2D eigenvalue weighted by Gasteiger charge is 2.25. The van der Waals surface area contributed by atoms with Crippen molar-refractivity contribution >= 4 is 17.6 Å². The minimum Gasteiger partial charge on any atom is -0.493 e. The van der Waals surface area contributed by atoms with E-state index < -0.39 is 5.97 Å². The molecule has 1 heterocycles.